The number of carbonyl (C=O) groups is 3. The quantitative estimate of drug-likeness (QED) is 0.315. The number of halogens is 1. The molecule has 2 aromatic rings. The predicted molar refractivity (Wildman–Crippen MR) is 136 cm³/mol. The van der Waals surface area contributed by atoms with Crippen LogP contribution in [0.3, 0.4) is 0 Å². The van der Waals surface area contributed by atoms with E-state index in [0.717, 1.165) is 0 Å². The second-order valence-corrected chi connectivity index (χ2v) is 8.38. The number of H-pyrrole nitrogens is 1. The summed E-state index contributed by atoms with van der Waals surface area (Å²) in [5.41, 5.74) is 1.84. The third kappa shape index (κ3) is 6.66. The van der Waals surface area contributed by atoms with Gasteiger partial charge >= 0.3 is 11.9 Å². The van der Waals surface area contributed by atoms with E-state index < -0.39 is 17.9 Å². The summed E-state index contributed by atoms with van der Waals surface area (Å²) in [6.45, 7) is 3.77. The van der Waals surface area contributed by atoms with Crippen LogP contribution in [0.1, 0.15) is 35.7 Å². The molecule has 3 rings (SSSR count). The molecule has 0 aliphatic carbocycles. The third-order valence-corrected chi connectivity index (χ3v) is 5.93. The maximum atomic E-state index is 13.2. The molecule has 1 aromatic carbocycles. The molecular formula is C26H28ClN3O7. The van der Waals surface area contributed by atoms with Gasteiger partial charge in [0.15, 0.2) is 0 Å². The molecule has 0 spiro atoms. The normalized spacial score (nSPS) is 15.2. The van der Waals surface area contributed by atoms with E-state index in [9.17, 15) is 19.2 Å². The fourth-order valence-corrected chi connectivity index (χ4v) is 4.17. The maximum absolute atomic E-state index is 13.2. The number of amides is 1. The van der Waals surface area contributed by atoms with Gasteiger partial charge in [-0.3, -0.25) is 9.59 Å². The van der Waals surface area contributed by atoms with Gasteiger partial charge in [-0.2, -0.15) is 0 Å². The number of pyridine rings is 1. The Balaban J connectivity index is 1.83. The number of nitrogens with one attached hydrogen (secondary N) is 3. The Hall–Kier alpha value is -3.89. The number of aromatic amines is 1. The molecular weight excluding hydrogens is 502 g/mol. The topological polar surface area (TPSA) is 136 Å². The number of benzene rings is 1. The number of methoxy groups -OCH3 is 1. The number of ether oxygens (including phenoxy) is 3. The van der Waals surface area contributed by atoms with Gasteiger partial charge in [0.1, 0.15) is 0 Å². The Morgan fingerprint density at radius 1 is 1.08 bits per heavy atom. The molecule has 1 unspecified atom stereocenters. The minimum Gasteiger partial charge on any atom is -0.466 e. The van der Waals surface area contributed by atoms with Crippen LogP contribution in [0.25, 0.3) is 0 Å². The summed E-state index contributed by atoms with van der Waals surface area (Å²) in [4.78, 5) is 51.7. The molecule has 2 heterocycles. The van der Waals surface area contributed by atoms with Crippen molar-refractivity contribution in [2.45, 2.75) is 19.8 Å². The van der Waals surface area contributed by atoms with Crippen molar-refractivity contribution in [3.63, 3.8) is 0 Å². The van der Waals surface area contributed by atoms with Gasteiger partial charge in [-0.15, -0.1) is 0 Å². The molecule has 1 amide bonds. The highest BCUT2D eigenvalue weighted by Gasteiger charge is 2.39. The van der Waals surface area contributed by atoms with Crippen LogP contribution >= 0.6 is 11.6 Å². The van der Waals surface area contributed by atoms with Gasteiger partial charge in [0, 0.05) is 29.5 Å². The van der Waals surface area contributed by atoms with Gasteiger partial charge in [0.2, 0.25) is 5.56 Å². The van der Waals surface area contributed by atoms with Crippen molar-refractivity contribution in [3.8, 4) is 0 Å². The number of esters is 2. The predicted octanol–water partition coefficient (Wildman–Crippen LogP) is 2.43. The smallest absolute Gasteiger partial charge is 0.336 e. The van der Waals surface area contributed by atoms with Gasteiger partial charge in [0.05, 0.1) is 55.3 Å². The van der Waals surface area contributed by atoms with E-state index in [1.54, 1.807) is 38.1 Å². The molecule has 11 heteroatoms. The number of allylic oxidation sites excluding steroid dienone is 1. The summed E-state index contributed by atoms with van der Waals surface area (Å²) >= 11 is 6.49. The Bertz CT molecular complexity index is 1280. The molecule has 0 bridgehead atoms. The average Bonchev–Trinajstić information content (AvgIpc) is 2.88. The number of hydrogen-bond acceptors (Lipinski definition) is 8. The molecule has 1 aliphatic heterocycles. The third-order valence-electron chi connectivity index (χ3n) is 5.59. The fourth-order valence-electron chi connectivity index (χ4n) is 3.93. The van der Waals surface area contributed by atoms with E-state index in [0.29, 0.717) is 27.5 Å². The number of carbonyl (C=O) groups excluding carboxylic acids is 3. The lowest BCUT2D eigenvalue weighted by atomic mass is 9.80. The molecule has 0 saturated carbocycles. The van der Waals surface area contributed by atoms with Crippen LogP contribution in [-0.2, 0) is 23.8 Å². The number of hydrogen-bond donors (Lipinski definition) is 3. The molecule has 196 valence electrons. The monoisotopic (exact) mass is 529 g/mol. The second-order valence-electron chi connectivity index (χ2n) is 7.97. The van der Waals surface area contributed by atoms with Crippen LogP contribution in [0.2, 0.25) is 5.02 Å². The van der Waals surface area contributed by atoms with Crippen LogP contribution in [-0.4, -0.2) is 56.3 Å². The lowest BCUT2D eigenvalue weighted by Gasteiger charge is -2.31. The van der Waals surface area contributed by atoms with Crippen LogP contribution in [0.5, 0.6) is 0 Å². The zero-order valence-corrected chi connectivity index (χ0v) is 21.4. The van der Waals surface area contributed by atoms with Gasteiger partial charge in [-0.05, 0) is 31.5 Å². The first-order chi connectivity index (χ1) is 17.8. The first-order valence-corrected chi connectivity index (χ1v) is 11.9. The molecule has 1 aromatic heterocycles. The van der Waals surface area contributed by atoms with Gasteiger partial charge in [0.25, 0.3) is 5.91 Å². The zero-order chi connectivity index (χ0) is 26.9. The summed E-state index contributed by atoms with van der Waals surface area (Å²) in [5, 5.41) is 6.15. The average molecular weight is 530 g/mol. The lowest BCUT2D eigenvalue weighted by molar-refractivity contribution is -0.139. The molecule has 3 N–H and O–H groups in total. The molecule has 0 fully saturated rings. The highest BCUT2D eigenvalue weighted by molar-refractivity contribution is 6.31. The summed E-state index contributed by atoms with van der Waals surface area (Å²) in [7, 11) is 1.26. The van der Waals surface area contributed by atoms with E-state index in [1.807, 2.05) is 0 Å². The SMILES string of the molecule is CCOC(=O)C1=C(COCCNC(=O)c2ccc(=O)[nH]c2)NC(C)=C(C(=O)OC)C1c1ccccc1Cl. The fraction of sp³-hybridized carbons (Fsp3) is 0.308. The van der Waals surface area contributed by atoms with Gasteiger partial charge < -0.3 is 29.8 Å². The summed E-state index contributed by atoms with van der Waals surface area (Å²) in [5.74, 6) is -2.46. The van der Waals surface area contributed by atoms with Gasteiger partial charge in [-0.25, -0.2) is 9.59 Å². The van der Waals surface area contributed by atoms with Crippen molar-refractivity contribution in [1.82, 2.24) is 15.6 Å². The van der Waals surface area contributed by atoms with Crippen molar-refractivity contribution >= 4 is 29.4 Å². The largest absolute Gasteiger partial charge is 0.466 e. The Morgan fingerprint density at radius 3 is 2.49 bits per heavy atom. The van der Waals surface area contributed by atoms with E-state index in [2.05, 4.69) is 15.6 Å². The summed E-state index contributed by atoms with van der Waals surface area (Å²) < 4.78 is 16.1. The molecule has 0 radical (unpaired) electrons. The maximum Gasteiger partial charge on any atom is 0.336 e. The molecule has 37 heavy (non-hydrogen) atoms. The van der Waals surface area contributed by atoms with E-state index in [4.69, 9.17) is 25.8 Å². The van der Waals surface area contributed by atoms with Crippen LogP contribution < -0.4 is 16.2 Å². The standard InChI is InChI=1S/C26H28ClN3O7/c1-4-37-26(34)23-19(14-36-12-11-28-24(32)16-9-10-20(31)29-13-16)30-15(2)21(25(33)35-3)22(23)17-7-5-6-8-18(17)27/h5-10,13,22,30H,4,11-12,14H2,1-3H3,(H,28,32)(H,29,31). The zero-order valence-electron chi connectivity index (χ0n) is 20.7. The van der Waals surface area contributed by atoms with Crippen LogP contribution in [0.15, 0.2) is 69.9 Å². The first kappa shape index (κ1) is 27.7. The van der Waals surface area contributed by atoms with Crippen molar-refractivity contribution in [2.75, 3.05) is 33.5 Å². The van der Waals surface area contributed by atoms with E-state index in [-0.39, 0.29) is 49.0 Å². The van der Waals surface area contributed by atoms with Crippen molar-refractivity contribution in [3.05, 3.63) is 91.6 Å². The van der Waals surface area contributed by atoms with Gasteiger partial charge in [-0.1, -0.05) is 29.8 Å². The molecule has 10 nitrogen and oxygen atoms in total. The Kier molecular flexibility index (Phi) is 9.64. The first-order valence-electron chi connectivity index (χ1n) is 11.5. The number of rotatable bonds is 10. The summed E-state index contributed by atoms with van der Waals surface area (Å²) in [6.07, 6.45) is 1.32. The molecule has 0 saturated heterocycles. The van der Waals surface area contributed by atoms with E-state index >= 15 is 0 Å². The minimum atomic E-state index is -0.847. The lowest BCUT2D eigenvalue weighted by Crippen LogP contribution is -2.35. The Morgan fingerprint density at radius 2 is 1.84 bits per heavy atom. The minimum absolute atomic E-state index is 0.0323. The van der Waals surface area contributed by atoms with Crippen molar-refractivity contribution in [2.24, 2.45) is 0 Å². The highest BCUT2D eigenvalue weighted by Crippen LogP contribution is 2.41. The summed E-state index contributed by atoms with van der Waals surface area (Å²) in [6, 6.07) is 9.60. The van der Waals surface area contributed by atoms with E-state index in [1.165, 1.54) is 25.4 Å². The Labute approximate surface area is 218 Å². The molecule has 1 atom stereocenters. The second kappa shape index (κ2) is 12.9. The molecule has 1 aliphatic rings. The van der Waals surface area contributed by atoms with Crippen molar-refractivity contribution < 1.29 is 28.6 Å². The highest BCUT2D eigenvalue weighted by atomic mass is 35.5. The van der Waals surface area contributed by atoms with Crippen LogP contribution in [0.4, 0.5) is 0 Å². The van der Waals surface area contributed by atoms with Crippen LogP contribution in [0, 0.1) is 0 Å². The number of dihydropyridines is 1. The number of aromatic nitrogens is 1. The van der Waals surface area contributed by atoms with Crippen molar-refractivity contribution in [1.29, 1.82) is 0 Å².